The molecule has 1 heterocycles. The molecule has 2 amide bonds. The van der Waals surface area contributed by atoms with E-state index in [1.165, 1.54) is 6.20 Å². The Morgan fingerprint density at radius 3 is 2.52 bits per heavy atom. The van der Waals surface area contributed by atoms with Gasteiger partial charge >= 0.3 is 0 Å². The molecule has 0 radical (unpaired) electrons. The van der Waals surface area contributed by atoms with Crippen LogP contribution in [0, 0.1) is 0 Å². The number of carbonyl (C=O) groups is 2. The topological polar surface area (TPSA) is 108 Å². The molecule has 0 bridgehead atoms. The first-order valence-corrected chi connectivity index (χ1v) is 7.57. The predicted molar refractivity (Wildman–Crippen MR) is 87.5 cm³/mol. The van der Waals surface area contributed by atoms with E-state index in [0.29, 0.717) is 31.5 Å². The van der Waals surface area contributed by atoms with Gasteiger partial charge in [0.05, 0.1) is 12.6 Å². The fourth-order valence-electron chi connectivity index (χ4n) is 2.35. The van der Waals surface area contributed by atoms with Gasteiger partial charge in [-0.1, -0.05) is 0 Å². The largest absolute Gasteiger partial charge is 0.403 e. The fraction of sp³-hybridized carbons (Fsp3) is 0.375. The first-order chi connectivity index (χ1) is 11.1. The maximum Gasteiger partial charge on any atom is 0.251 e. The SMILES string of the molecule is N/C=C\Nc1ccc(C(=O)NCC(=O)N2CCC(O)CC2)cc1. The van der Waals surface area contributed by atoms with Crippen molar-refractivity contribution >= 4 is 17.5 Å². The number of anilines is 1. The van der Waals surface area contributed by atoms with Crippen LogP contribution < -0.4 is 16.4 Å². The minimum atomic E-state index is -0.324. The van der Waals surface area contributed by atoms with Crippen LogP contribution in [0.25, 0.3) is 0 Å². The Labute approximate surface area is 135 Å². The fourth-order valence-corrected chi connectivity index (χ4v) is 2.35. The van der Waals surface area contributed by atoms with Gasteiger partial charge in [-0.3, -0.25) is 9.59 Å². The van der Waals surface area contributed by atoms with Crippen molar-refractivity contribution in [1.29, 1.82) is 0 Å². The highest BCUT2D eigenvalue weighted by atomic mass is 16.3. The summed E-state index contributed by atoms with van der Waals surface area (Å²) in [5, 5.41) is 15.0. The highest BCUT2D eigenvalue weighted by Crippen LogP contribution is 2.11. The van der Waals surface area contributed by atoms with Crippen LogP contribution in [0.3, 0.4) is 0 Å². The van der Waals surface area contributed by atoms with E-state index in [9.17, 15) is 14.7 Å². The molecular formula is C16H22N4O3. The number of piperidine rings is 1. The van der Waals surface area contributed by atoms with Crippen molar-refractivity contribution in [2.24, 2.45) is 5.73 Å². The summed E-state index contributed by atoms with van der Waals surface area (Å²) in [7, 11) is 0. The molecule has 1 fully saturated rings. The second-order valence-electron chi connectivity index (χ2n) is 5.38. The third kappa shape index (κ3) is 5.00. The van der Waals surface area contributed by atoms with E-state index >= 15 is 0 Å². The zero-order valence-corrected chi connectivity index (χ0v) is 12.9. The van der Waals surface area contributed by atoms with Crippen LogP contribution in [0.15, 0.2) is 36.7 Å². The second-order valence-corrected chi connectivity index (χ2v) is 5.38. The van der Waals surface area contributed by atoms with Crippen molar-refractivity contribution in [3.8, 4) is 0 Å². The Hall–Kier alpha value is -2.54. The molecule has 2 rings (SSSR count). The monoisotopic (exact) mass is 318 g/mol. The molecule has 7 nitrogen and oxygen atoms in total. The summed E-state index contributed by atoms with van der Waals surface area (Å²) < 4.78 is 0. The molecule has 1 aromatic carbocycles. The van der Waals surface area contributed by atoms with E-state index < -0.39 is 0 Å². The number of aliphatic hydroxyl groups is 1. The molecule has 5 N–H and O–H groups in total. The van der Waals surface area contributed by atoms with Gasteiger partial charge in [0.25, 0.3) is 5.91 Å². The van der Waals surface area contributed by atoms with E-state index in [0.717, 1.165) is 5.69 Å². The Kier molecular flexibility index (Phi) is 5.99. The lowest BCUT2D eigenvalue weighted by molar-refractivity contribution is -0.132. The summed E-state index contributed by atoms with van der Waals surface area (Å²) in [4.78, 5) is 25.7. The van der Waals surface area contributed by atoms with Gasteiger partial charge in [-0.15, -0.1) is 0 Å². The van der Waals surface area contributed by atoms with Gasteiger partial charge in [-0.2, -0.15) is 0 Å². The van der Waals surface area contributed by atoms with Gasteiger partial charge in [-0.05, 0) is 37.1 Å². The Morgan fingerprint density at radius 2 is 1.91 bits per heavy atom. The number of aliphatic hydroxyl groups excluding tert-OH is 1. The Morgan fingerprint density at radius 1 is 1.26 bits per heavy atom. The molecule has 0 atom stereocenters. The number of nitrogens with zero attached hydrogens (tertiary/aromatic N) is 1. The number of benzene rings is 1. The lowest BCUT2D eigenvalue weighted by Crippen LogP contribution is -2.45. The molecule has 0 spiro atoms. The van der Waals surface area contributed by atoms with E-state index in [1.54, 1.807) is 35.4 Å². The summed E-state index contributed by atoms with van der Waals surface area (Å²) in [5.41, 5.74) is 6.53. The average Bonchev–Trinajstić information content (AvgIpc) is 2.58. The van der Waals surface area contributed by atoms with Crippen LogP contribution in [-0.2, 0) is 4.79 Å². The predicted octanol–water partition coefficient (Wildman–Crippen LogP) is 0.242. The molecule has 23 heavy (non-hydrogen) atoms. The van der Waals surface area contributed by atoms with E-state index in [-0.39, 0.29) is 24.5 Å². The van der Waals surface area contributed by atoms with Gasteiger partial charge < -0.3 is 26.4 Å². The van der Waals surface area contributed by atoms with Gasteiger partial charge in [-0.25, -0.2) is 0 Å². The molecular weight excluding hydrogens is 296 g/mol. The van der Waals surface area contributed by atoms with Crippen LogP contribution >= 0.6 is 0 Å². The van der Waals surface area contributed by atoms with Crippen LogP contribution in [0.4, 0.5) is 5.69 Å². The second kappa shape index (κ2) is 8.19. The number of carbonyl (C=O) groups excluding carboxylic acids is 2. The molecule has 7 heteroatoms. The highest BCUT2D eigenvalue weighted by Gasteiger charge is 2.21. The van der Waals surface area contributed by atoms with Crippen LogP contribution in [0.2, 0.25) is 0 Å². The van der Waals surface area contributed by atoms with Gasteiger partial charge in [0, 0.05) is 36.7 Å². The zero-order valence-electron chi connectivity index (χ0n) is 12.9. The number of nitrogens with one attached hydrogen (secondary N) is 2. The normalized spacial score (nSPS) is 15.6. The number of amides is 2. The number of rotatable bonds is 5. The lowest BCUT2D eigenvalue weighted by atomic mass is 10.1. The van der Waals surface area contributed by atoms with Crippen molar-refractivity contribution in [3.63, 3.8) is 0 Å². The van der Waals surface area contributed by atoms with E-state index in [4.69, 9.17) is 5.73 Å². The first-order valence-electron chi connectivity index (χ1n) is 7.57. The molecule has 0 unspecified atom stereocenters. The molecule has 124 valence electrons. The highest BCUT2D eigenvalue weighted by molar-refractivity contribution is 5.96. The Bertz CT molecular complexity index is 563. The number of nitrogens with two attached hydrogens (primary N) is 1. The van der Waals surface area contributed by atoms with Gasteiger partial charge in [0.2, 0.25) is 5.91 Å². The summed E-state index contributed by atoms with van der Waals surface area (Å²) in [6, 6.07) is 6.85. The van der Waals surface area contributed by atoms with E-state index in [2.05, 4.69) is 10.6 Å². The minimum Gasteiger partial charge on any atom is -0.403 e. The molecule has 1 aliphatic heterocycles. The quantitative estimate of drug-likeness (QED) is 0.622. The zero-order chi connectivity index (χ0) is 16.7. The third-order valence-electron chi connectivity index (χ3n) is 3.71. The number of hydrogen-bond donors (Lipinski definition) is 4. The summed E-state index contributed by atoms with van der Waals surface area (Å²) in [6.45, 7) is 1.03. The van der Waals surface area contributed by atoms with Gasteiger partial charge in [0.15, 0.2) is 0 Å². The smallest absolute Gasteiger partial charge is 0.251 e. The standard InChI is InChI=1S/C16H22N4O3/c17-7-8-18-13-3-1-12(2-4-13)16(23)19-11-15(22)20-9-5-14(21)6-10-20/h1-4,7-8,14,18,21H,5-6,9-11,17H2,(H,19,23)/b8-7-. The summed E-state index contributed by atoms with van der Waals surface area (Å²) in [5.74, 6) is -0.423. The Balaban J connectivity index is 1.81. The average molecular weight is 318 g/mol. The molecule has 1 saturated heterocycles. The number of likely N-dealkylation sites (tertiary alicyclic amines) is 1. The van der Waals surface area contributed by atoms with Crippen molar-refractivity contribution in [1.82, 2.24) is 10.2 Å². The van der Waals surface area contributed by atoms with Crippen molar-refractivity contribution < 1.29 is 14.7 Å². The first kappa shape index (κ1) is 16.8. The van der Waals surface area contributed by atoms with Crippen molar-refractivity contribution in [3.05, 3.63) is 42.2 Å². The van der Waals surface area contributed by atoms with Crippen molar-refractivity contribution in [2.45, 2.75) is 18.9 Å². The minimum absolute atomic E-state index is 0.0369. The van der Waals surface area contributed by atoms with Gasteiger partial charge in [0.1, 0.15) is 0 Å². The van der Waals surface area contributed by atoms with Crippen molar-refractivity contribution in [2.75, 3.05) is 25.0 Å². The van der Waals surface area contributed by atoms with Crippen LogP contribution in [-0.4, -0.2) is 47.6 Å². The maximum atomic E-state index is 12.0. The summed E-state index contributed by atoms with van der Waals surface area (Å²) >= 11 is 0. The molecule has 1 aliphatic rings. The van der Waals surface area contributed by atoms with Crippen LogP contribution in [0.5, 0.6) is 0 Å². The molecule has 1 aromatic rings. The van der Waals surface area contributed by atoms with Crippen LogP contribution in [0.1, 0.15) is 23.2 Å². The lowest BCUT2D eigenvalue weighted by Gasteiger charge is -2.29. The number of hydrogen-bond acceptors (Lipinski definition) is 5. The van der Waals surface area contributed by atoms with E-state index in [1.807, 2.05) is 0 Å². The third-order valence-corrected chi connectivity index (χ3v) is 3.71. The maximum absolute atomic E-state index is 12.0. The summed E-state index contributed by atoms with van der Waals surface area (Å²) in [6.07, 6.45) is 3.82. The molecule has 0 aromatic heterocycles. The molecule has 0 aliphatic carbocycles. The molecule has 0 saturated carbocycles.